The third-order valence-electron chi connectivity index (χ3n) is 0.455. The summed E-state index contributed by atoms with van der Waals surface area (Å²) in [6.07, 6.45) is 3.89. The third-order valence-corrected chi connectivity index (χ3v) is 0.455. The van der Waals surface area contributed by atoms with Crippen LogP contribution in [0, 0.1) is 6.58 Å². The van der Waals surface area contributed by atoms with Gasteiger partial charge in [0.15, 0.2) is 0 Å². The summed E-state index contributed by atoms with van der Waals surface area (Å²) >= 11 is 0. The van der Waals surface area contributed by atoms with E-state index in [9.17, 15) is 0 Å². The first-order valence-electron chi connectivity index (χ1n) is 1.95. The molecular formula is C5H9W4-. The standard InChI is InChI=1S/C5H9.4W/c1-3-5-4-2;;;;/h1,3H,4-5H2,2H3;;;;/q-1;;;;. The Morgan fingerprint density at radius 3 is 1.44 bits per heavy atom. The fraction of sp³-hybridized carbons (Fsp3) is 0.600. The molecule has 0 spiro atoms. The van der Waals surface area contributed by atoms with Gasteiger partial charge < -0.3 is 6.58 Å². The van der Waals surface area contributed by atoms with Gasteiger partial charge in [0.05, 0.1) is 0 Å². The minimum Gasteiger partial charge on any atom is -0.518 e. The fourth-order valence-electron chi connectivity index (χ4n) is 0.167. The molecule has 54 valence electrons. The predicted octanol–water partition coefficient (Wildman–Crippen LogP) is 1.77. The Morgan fingerprint density at radius 1 is 1.11 bits per heavy atom. The van der Waals surface area contributed by atoms with Crippen LogP contribution in [0.4, 0.5) is 0 Å². The van der Waals surface area contributed by atoms with E-state index in [0.29, 0.717) is 0 Å². The summed E-state index contributed by atoms with van der Waals surface area (Å²) in [4.78, 5) is 0. The quantitative estimate of drug-likeness (QED) is 0.374. The number of hydrogen-bond donors (Lipinski definition) is 0. The Bertz CT molecular complexity index is 30.1. The van der Waals surface area contributed by atoms with Crippen LogP contribution in [-0.2, 0) is 84.3 Å². The minimum atomic E-state index is 0. The van der Waals surface area contributed by atoms with Gasteiger partial charge in [-0.1, -0.05) is 19.8 Å². The van der Waals surface area contributed by atoms with Crippen molar-refractivity contribution in [3.05, 3.63) is 12.7 Å². The average Bonchev–Trinajstić information content (AvgIpc) is 1.41. The monoisotopic (exact) mass is 805 g/mol. The van der Waals surface area contributed by atoms with Gasteiger partial charge in [-0.15, -0.1) is 0 Å². The van der Waals surface area contributed by atoms with Gasteiger partial charge in [0.2, 0.25) is 0 Å². The van der Waals surface area contributed by atoms with E-state index in [1.54, 1.807) is 6.08 Å². The van der Waals surface area contributed by atoms with Crippen LogP contribution in [0.25, 0.3) is 0 Å². The van der Waals surface area contributed by atoms with Gasteiger partial charge >= 0.3 is 0 Å². The zero-order chi connectivity index (χ0) is 4.12. The molecule has 0 saturated carbocycles. The van der Waals surface area contributed by atoms with E-state index in [0.717, 1.165) is 12.8 Å². The summed E-state index contributed by atoms with van der Waals surface area (Å²) in [5.74, 6) is 0. The summed E-state index contributed by atoms with van der Waals surface area (Å²) in [7, 11) is 0. The third kappa shape index (κ3) is 37.5. The maximum atomic E-state index is 5.01. The molecule has 0 N–H and O–H groups in total. The van der Waals surface area contributed by atoms with Crippen molar-refractivity contribution >= 4 is 0 Å². The van der Waals surface area contributed by atoms with E-state index in [4.69, 9.17) is 6.58 Å². The Morgan fingerprint density at radius 2 is 1.44 bits per heavy atom. The molecule has 0 rings (SSSR count). The molecule has 0 aromatic heterocycles. The van der Waals surface area contributed by atoms with Gasteiger partial charge in [0.25, 0.3) is 0 Å². The maximum Gasteiger partial charge on any atom is 0 e. The molecule has 0 bridgehead atoms. The summed E-state index contributed by atoms with van der Waals surface area (Å²) in [5, 5.41) is 0. The predicted molar refractivity (Wildman–Crippen MR) is 23.8 cm³/mol. The molecule has 0 fully saturated rings. The Kier molecular flexibility index (Phi) is 105. The normalized spacial score (nSPS) is 4.11. The number of hydrogen-bond acceptors (Lipinski definition) is 0. The largest absolute Gasteiger partial charge is 0.518 e. The van der Waals surface area contributed by atoms with Crippen molar-refractivity contribution < 1.29 is 84.3 Å². The van der Waals surface area contributed by atoms with Gasteiger partial charge in [-0.25, -0.2) is 0 Å². The second kappa shape index (κ2) is 31.3. The van der Waals surface area contributed by atoms with Gasteiger partial charge in [-0.2, -0.15) is 0 Å². The van der Waals surface area contributed by atoms with Crippen LogP contribution in [0.15, 0.2) is 6.08 Å². The van der Waals surface area contributed by atoms with Crippen molar-refractivity contribution in [3.8, 4) is 0 Å². The Hall–Kier alpha value is 2.49. The van der Waals surface area contributed by atoms with E-state index < -0.39 is 0 Å². The van der Waals surface area contributed by atoms with Crippen LogP contribution < -0.4 is 0 Å². The second-order valence-corrected chi connectivity index (χ2v) is 1.02. The molecule has 0 atom stereocenters. The molecule has 0 aliphatic heterocycles. The van der Waals surface area contributed by atoms with Crippen LogP contribution in [0.5, 0.6) is 0 Å². The summed E-state index contributed by atoms with van der Waals surface area (Å²) < 4.78 is 0. The fourth-order valence-corrected chi connectivity index (χ4v) is 0.167. The van der Waals surface area contributed by atoms with E-state index in [2.05, 4.69) is 6.92 Å². The van der Waals surface area contributed by atoms with Gasteiger partial charge in [-0.05, 0) is 0 Å². The zero-order valence-electron chi connectivity index (χ0n) is 5.20. The molecule has 0 aromatic carbocycles. The first-order valence-corrected chi connectivity index (χ1v) is 1.95. The number of allylic oxidation sites excluding steroid dienone is 1. The van der Waals surface area contributed by atoms with Gasteiger partial charge in [0.1, 0.15) is 0 Å². The van der Waals surface area contributed by atoms with Crippen molar-refractivity contribution in [1.82, 2.24) is 0 Å². The SMILES string of the molecule is [CH-]=CCCC.[W].[W].[W].[W]. The molecule has 4 heteroatoms. The average molecular weight is 804 g/mol. The van der Waals surface area contributed by atoms with Crippen LogP contribution >= 0.6 is 0 Å². The molecule has 0 radical (unpaired) electrons. The molecule has 0 aliphatic rings. The molecule has 9 heavy (non-hydrogen) atoms. The molecule has 0 saturated heterocycles. The summed E-state index contributed by atoms with van der Waals surface area (Å²) in [6, 6.07) is 0. The van der Waals surface area contributed by atoms with Crippen LogP contribution in [0.1, 0.15) is 19.8 Å². The Balaban J connectivity index is -0.0000000133. The molecule has 0 aromatic rings. The molecule has 0 nitrogen and oxygen atoms in total. The topological polar surface area (TPSA) is 0 Å². The van der Waals surface area contributed by atoms with Gasteiger partial charge in [-0.3, -0.25) is 6.08 Å². The zero-order valence-corrected chi connectivity index (χ0v) is 16.9. The van der Waals surface area contributed by atoms with E-state index >= 15 is 0 Å². The second-order valence-electron chi connectivity index (χ2n) is 1.02. The first-order chi connectivity index (χ1) is 2.41. The summed E-state index contributed by atoms with van der Waals surface area (Å²) in [6.45, 7) is 7.11. The summed E-state index contributed by atoms with van der Waals surface area (Å²) in [5.41, 5.74) is 0. The number of rotatable bonds is 2. The minimum absolute atomic E-state index is 0. The Labute approximate surface area is 115 Å². The van der Waals surface area contributed by atoms with E-state index in [-0.39, 0.29) is 84.3 Å². The molecule has 0 heterocycles. The maximum absolute atomic E-state index is 5.01. The molecular weight excluding hydrogens is 795 g/mol. The van der Waals surface area contributed by atoms with Crippen molar-refractivity contribution in [1.29, 1.82) is 0 Å². The first kappa shape index (κ1) is 30.0. The smallest absolute Gasteiger partial charge is 0 e. The van der Waals surface area contributed by atoms with Crippen LogP contribution in [0.2, 0.25) is 0 Å². The molecule has 0 aliphatic carbocycles. The van der Waals surface area contributed by atoms with Crippen LogP contribution in [0.3, 0.4) is 0 Å². The van der Waals surface area contributed by atoms with E-state index in [1.807, 2.05) is 0 Å². The van der Waals surface area contributed by atoms with Crippen molar-refractivity contribution in [2.24, 2.45) is 0 Å². The van der Waals surface area contributed by atoms with Crippen molar-refractivity contribution in [2.45, 2.75) is 19.8 Å². The van der Waals surface area contributed by atoms with Gasteiger partial charge in [0, 0.05) is 84.3 Å². The van der Waals surface area contributed by atoms with E-state index in [1.165, 1.54) is 0 Å². The number of unbranched alkanes of at least 4 members (excludes halogenated alkanes) is 1. The van der Waals surface area contributed by atoms with Crippen molar-refractivity contribution in [2.75, 3.05) is 0 Å². The molecule has 0 amide bonds. The van der Waals surface area contributed by atoms with Crippen molar-refractivity contribution in [3.63, 3.8) is 0 Å². The molecule has 0 unspecified atom stereocenters. The van der Waals surface area contributed by atoms with Crippen LogP contribution in [-0.4, -0.2) is 0 Å².